The lowest BCUT2D eigenvalue weighted by molar-refractivity contribution is -0.136. The Morgan fingerprint density at radius 2 is 2.06 bits per heavy atom. The third-order valence-electron chi connectivity index (χ3n) is 4.00. The number of hydrogen-bond donors (Lipinski definition) is 1. The summed E-state index contributed by atoms with van der Waals surface area (Å²) < 4.78 is 0. The summed E-state index contributed by atoms with van der Waals surface area (Å²) in [7, 11) is 0. The molecule has 2 aliphatic rings. The molecule has 2 rings (SSSR count). The number of rotatable bonds is 4. The highest BCUT2D eigenvalue weighted by Gasteiger charge is 2.33. The second kappa shape index (κ2) is 6.34. The number of carbonyl (C=O) groups excluding carboxylic acids is 1. The molecule has 18 heavy (non-hydrogen) atoms. The van der Waals surface area contributed by atoms with E-state index in [-0.39, 0.29) is 6.04 Å². The summed E-state index contributed by atoms with van der Waals surface area (Å²) in [5.41, 5.74) is 1.23. The molecule has 0 radical (unpaired) electrons. The maximum absolute atomic E-state index is 12.5. The molecule has 0 aromatic heterocycles. The van der Waals surface area contributed by atoms with E-state index in [1.54, 1.807) is 0 Å². The van der Waals surface area contributed by atoms with Gasteiger partial charge in [0.15, 0.2) is 0 Å². The first-order valence-electron chi connectivity index (χ1n) is 7.12. The molecule has 4 heteroatoms. The molecule has 0 saturated carbocycles. The van der Waals surface area contributed by atoms with Gasteiger partial charge in [0.1, 0.15) is 0 Å². The normalized spacial score (nSPS) is 25.4. The Labute approximate surface area is 110 Å². The Bertz CT molecular complexity index is 310. The van der Waals surface area contributed by atoms with Gasteiger partial charge in [-0.15, -0.1) is 0 Å². The number of carbonyl (C=O) groups is 1. The van der Waals surface area contributed by atoms with Crippen molar-refractivity contribution in [1.29, 1.82) is 0 Å². The van der Waals surface area contributed by atoms with Crippen LogP contribution in [0.25, 0.3) is 0 Å². The molecule has 1 N–H and O–H groups in total. The molecule has 1 unspecified atom stereocenters. The SMILES string of the molecule is C=C(CC)CN1CCCC1C(=O)N1CCNCC1. The van der Waals surface area contributed by atoms with Gasteiger partial charge >= 0.3 is 0 Å². The summed E-state index contributed by atoms with van der Waals surface area (Å²) in [4.78, 5) is 16.8. The highest BCUT2D eigenvalue weighted by molar-refractivity contribution is 5.82. The van der Waals surface area contributed by atoms with Crippen molar-refractivity contribution in [3.63, 3.8) is 0 Å². The zero-order valence-electron chi connectivity index (χ0n) is 11.5. The van der Waals surface area contributed by atoms with Gasteiger partial charge in [-0.1, -0.05) is 19.1 Å². The van der Waals surface area contributed by atoms with E-state index in [4.69, 9.17) is 0 Å². The molecule has 2 heterocycles. The van der Waals surface area contributed by atoms with Crippen molar-refractivity contribution in [3.05, 3.63) is 12.2 Å². The lowest BCUT2D eigenvalue weighted by atomic mass is 10.1. The van der Waals surface area contributed by atoms with Crippen molar-refractivity contribution < 1.29 is 4.79 Å². The van der Waals surface area contributed by atoms with Gasteiger partial charge in [-0.05, 0) is 25.8 Å². The first-order chi connectivity index (χ1) is 8.72. The van der Waals surface area contributed by atoms with Gasteiger partial charge in [0.05, 0.1) is 6.04 Å². The van der Waals surface area contributed by atoms with E-state index in [1.807, 2.05) is 4.90 Å². The van der Waals surface area contributed by atoms with E-state index in [1.165, 1.54) is 5.57 Å². The van der Waals surface area contributed by atoms with E-state index < -0.39 is 0 Å². The van der Waals surface area contributed by atoms with Crippen molar-refractivity contribution in [1.82, 2.24) is 15.1 Å². The second-order valence-electron chi connectivity index (χ2n) is 5.31. The number of nitrogens with one attached hydrogen (secondary N) is 1. The topological polar surface area (TPSA) is 35.6 Å². The molecule has 4 nitrogen and oxygen atoms in total. The molecule has 2 fully saturated rings. The Morgan fingerprint density at radius 3 is 2.72 bits per heavy atom. The van der Waals surface area contributed by atoms with Crippen LogP contribution in [-0.4, -0.2) is 61.0 Å². The molecule has 0 bridgehead atoms. The summed E-state index contributed by atoms with van der Waals surface area (Å²) in [6, 6.07) is 0.103. The van der Waals surface area contributed by atoms with Gasteiger partial charge in [-0.3, -0.25) is 9.69 Å². The summed E-state index contributed by atoms with van der Waals surface area (Å²) in [6.45, 7) is 11.7. The average molecular weight is 251 g/mol. The fourth-order valence-electron chi connectivity index (χ4n) is 2.79. The Hall–Kier alpha value is -0.870. The minimum Gasteiger partial charge on any atom is -0.339 e. The fourth-order valence-corrected chi connectivity index (χ4v) is 2.79. The molecule has 0 aromatic rings. The van der Waals surface area contributed by atoms with Crippen LogP contribution < -0.4 is 5.32 Å². The zero-order valence-corrected chi connectivity index (χ0v) is 11.5. The smallest absolute Gasteiger partial charge is 0.240 e. The van der Waals surface area contributed by atoms with Crippen molar-refractivity contribution >= 4 is 5.91 Å². The summed E-state index contributed by atoms with van der Waals surface area (Å²) in [5, 5.41) is 3.29. The van der Waals surface area contributed by atoms with E-state index in [9.17, 15) is 4.79 Å². The largest absolute Gasteiger partial charge is 0.339 e. The first-order valence-corrected chi connectivity index (χ1v) is 7.12. The van der Waals surface area contributed by atoms with Crippen molar-refractivity contribution in [3.8, 4) is 0 Å². The van der Waals surface area contributed by atoms with Crippen LogP contribution in [0.4, 0.5) is 0 Å². The van der Waals surface area contributed by atoms with Gasteiger partial charge < -0.3 is 10.2 Å². The Morgan fingerprint density at radius 1 is 1.33 bits per heavy atom. The van der Waals surface area contributed by atoms with Gasteiger partial charge in [-0.25, -0.2) is 0 Å². The number of likely N-dealkylation sites (tertiary alicyclic amines) is 1. The third-order valence-corrected chi connectivity index (χ3v) is 4.00. The maximum atomic E-state index is 12.5. The standard InChI is InChI=1S/C14H25N3O/c1-3-12(2)11-17-8-4-5-13(17)14(18)16-9-6-15-7-10-16/h13,15H,2-11H2,1H3. The third kappa shape index (κ3) is 3.12. The van der Waals surface area contributed by atoms with Crippen LogP contribution in [0.15, 0.2) is 12.2 Å². The molecular formula is C14H25N3O. The molecule has 0 aliphatic carbocycles. The Kier molecular flexibility index (Phi) is 4.78. The summed E-state index contributed by atoms with van der Waals surface area (Å²) in [6.07, 6.45) is 3.16. The van der Waals surface area contributed by atoms with Crippen LogP contribution in [0.1, 0.15) is 26.2 Å². The zero-order chi connectivity index (χ0) is 13.0. The van der Waals surface area contributed by atoms with Crippen molar-refractivity contribution in [2.75, 3.05) is 39.3 Å². The molecule has 1 amide bonds. The molecule has 1 atom stereocenters. The maximum Gasteiger partial charge on any atom is 0.240 e. The molecular weight excluding hydrogens is 226 g/mol. The van der Waals surface area contributed by atoms with Crippen molar-refractivity contribution in [2.45, 2.75) is 32.2 Å². The minimum absolute atomic E-state index is 0.103. The second-order valence-corrected chi connectivity index (χ2v) is 5.31. The van der Waals surface area contributed by atoms with Crippen LogP contribution in [0.5, 0.6) is 0 Å². The molecule has 2 aliphatic heterocycles. The van der Waals surface area contributed by atoms with Gasteiger partial charge in [-0.2, -0.15) is 0 Å². The lowest BCUT2D eigenvalue weighted by Gasteiger charge is -2.33. The van der Waals surface area contributed by atoms with Gasteiger partial charge in [0.2, 0.25) is 5.91 Å². The molecule has 0 aromatic carbocycles. The van der Waals surface area contributed by atoms with Gasteiger partial charge in [0.25, 0.3) is 0 Å². The fraction of sp³-hybridized carbons (Fsp3) is 0.786. The number of hydrogen-bond acceptors (Lipinski definition) is 3. The number of piperazine rings is 1. The molecule has 0 spiro atoms. The van der Waals surface area contributed by atoms with Crippen LogP contribution >= 0.6 is 0 Å². The number of nitrogens with zero attached hydrogens (tertiary/aromatic N) is 2. The summed E-state index contributed by atoms with van der Waals surface area (Å²) >= 11 is 0. The highest BCUT2D eigenvalue weighted by atomic mass is 16.2. The van der Waals surface area contributed by atoms with Crippen LogP contribution in [0.2, 0.25) is 0 Å². The predicted molar refractivity (Wildman–Crippen MR) is 73.5 cm³/mol. The predicted octanol–water partition coefficient (Wildman–Crippen LogP) is 0.849. The Balaban J connectivity index is 1.93. The minimum atomic E-state index is 0.103. The molecule has 2 saturated heterocycles. The number of amides is 1. The van der Waals surface area contributed by atoms with Crippen LogP contribution in [0.3, 0.4) is 0 Å². The van der Waals surface area contributed by atoms with E-state index >= 15 is 0 Å². The van der Waals surface area contributed by atoms with Gasteiger partial charge in [0, 0.05) is 32.7 Å². The van der Waals surface area contributed by atoms with Crippen LogP contribution in [0, 0.1) is 0 Å². The monoisotopic (exact) mass is 251 g/mol. The summed E-state index contributed by atoms with van der Waals surface area (Å²) in [5.74, 6) is 0.331. The molecule has 102 valence electrons. The van der Waals surface area contributed by atoms with E-state index in [2.05, 4.69) is 23.7 Å². The van der Waals surface area contributed by atoms with E-state index in [0.29, 0.717) is 5.91 Å². The van der Waals surface area contributed by atoms with Crippen molar-refractivity contribution in [2.24, 2.45) is 0 Å². The van der Waals surface area contributed by atoms with Crippen LogP contribution in [-0.2, 0) is 4.79 Å². The van der Waals surface area contributed by atoms with E-state index in [0.717, 1.165) is 58.5 Å². The highest BCUT2D eigenvalue weighted by Crippen LogP contribution is 2.21. The quantitative estimate of drug-likeness (QED) is 0.752. The average Bonchev–Trinajstić information content (AvgIpc) is 2.86. The lowest BCUT2D eigenvalue weighted by Crippen LogP contribution is -2.52. The first kappa shape index (κ1) is 13.6.